The van der Waals surface area contributed by atoms with Crippen LogP contribution >= 0.6 is 0 Å². The van der Waals surface area contributed by atoms with Gasteiger partial charge in [0.2, 0.25) is 0 Å². The van der Waals surface area contributed by atoms with Gasteiger partial charge in [0, 0.05) is 12.6 Å². The summed E-state index contributed by atoms with van der Waals surface area (Å²) in [6.45, 7) is 8.23. The molecule has 0 atom stereocenters. The molecule has 0 saturated heterocycles. The highest BCUT2D eigenvalue weighted by atomic mass is 16.6. The van der Waals surface area contributed by atoms with E-state index in [4.69, 9.17) is 4.84 Å². The van der Waals surface area contributed by atoms with Crippen molar-refractivity contribution >= 4 is 17.3 Å². The molecule has 0 aromatic heterocycles. The molecular weight excluding hydrogens is 228 g/mol. The average molecular weight is 246 g/mol. The first-order valence-corrected chi connectivity index (χ1v) is 5.91. The minimum Gasteiger partial charge on any atom is -0.398 e. The third-order valence-corrected chi connectivity index (χ3v) is 3.92. The highest BCUT2D eigenvalue weighted by Crippen LogP contribution is 2.38. The topological polar surface area (TPSA) is 41.9 Å². The van der Waals surface area contributed by atoms with E-state index in [1.165, 1.54) is 18.2 Å². The van der Waals surface area contributed by atoms with E-state index in [-0.39, 0.29) is 5.91 Å². The molecule has 1 aliphatic rings. The zero-order valence-electron chi connectivity index (χ0n) is 11.7. The lowest BCUT2D eigenvalue weighted by molar-refractivity contribution is -0.112. The minimum atomic E-state index is -0.108. The molecule has 1 aliphatic heterocycles. The summed E-state index contributed by atoms with van der Waals surface area (Å²) in [5.41, 5.74) is 6.93. The molecule has 18 heavy (non-hydrogen) atoms. The predicted molar refractivity (Wildman–Crippen MR) is 72.3 cm³/mol. The quantitative estimate of drug-likeness (QED) is 0.713. The summed E-state index contributed by atoms with van der Waals surface area (Å²) in [5, 5.41) is 3.89. The zero-order chi connectivity index (χ0) is 13.6. The first-order valence-electron chi connectivity index (χ1n) is 5.91. The predicted octanol–water partition coefficient (Wildman–Crippen LogP) is 2.25. The third-order valence-electron chi connectivity index (χ3n) is 3.92. The molecule has 1 heterocycles. The van der Waals surface area contributed by atoms with Crippen molar-refractivity contribution in [3.63, 3.8) is 0 Å². The van der Waals surface area contributed by atoms with Gasteiger partial charge in [-0.2, -0.15) is 0 Å². The molecule has 0 unspecified atom stereocenters. The number of carbonyl (C=O) groups excluding carboxylic acids is 1. The van der Waals surface area contributed by atoms with Crippen LogP contribution in [-0.2, 0) is 9.63 Å². The van der Waals surface area contributed by atoms with Crippen LogP contribution in [0.3, 0.4) is 0 Å². The number of hydrogen-bond donors (Lipinski definition) is 0. The summed E-state index contributed by atoms with van der Waals surface area (Å²) in [4.78, 5) is 18.7. The van der Waals surface area contributed by atoms with Crippen LogP contribution in [0.1, 0.15) is 27.8 Å². The van der Waals surface area contributed by atoms with Gasteiger partial charge in [0.05, 0.1) is 5.69 Å². The summed E-state index contributed by atoms with van der Waals surface area (Å²) in [6.07, 6.45) is 0. The second kappa shape index (κ2) is 4.12. The minimum absolute atomic E-state index is 0.108. The molecule has 1 aromatic carbocycles. The van der Waals surface area contributed by atoms with Crippen molar-refractivity contribution in [2.75, 3.05) is 19.1 Å². The number of carbonyl (C=O) groups is 1. The van der Waals surface area contributed by atoms with Crippen molar-refractivity contribution in [3.05, 3.63) is 27.8 Å². The molecule has 0 bridgehead atoms. The van der Waals surface area contributed by atoms with Crippen molar-refractivity contribution in [2.24, 2.45) is 5.16 Å². The summed E-state index contributed by atoms with van der Waals surface area (Å²) < 4.78 is 0. The van der Waals surface area contributed by atoms with Crippen LogP contribution in [0.5, 0.6) is 0 Å². The average Bonchev–Trinajstić information content (AvgIpc) is 2.59. The fraction of sp³-hybridized carbons (Fsp3) is 0.429. The van der Waals surface area contributed by atoms with Crippen molar-refractivity contribution in [1.29, 1.82) is 0 Å². The van der Waals surface area contributed by atoms with E-state index in [2.05, 4.69) is 19.0 Å². The fourth-order valence-corrected chi connectivity index (χ4v) is 2.55. The Balaban J connectivity index is 2.87. The number of likely N-dealkylation sites (N-methyl/N-ethyl adjacent to an activating group) is 1. The molecule has 0 radical (unpaired) electrons. The highest BCUT2D eigenvalue weighted by molar-refractivity contribution is 6.54. The van der Waals surface area contributed by atoms with Crippen molar-refractivity contribution in [1.82, 2.24) is 0 Å². The number of amides is 1. The summed E-state index contributed by atoms with van der Waals surface area (Å²) in [6, 6.07) is 0. The Bertz CT molecular complexity index is 574. The Morgan fingerprint density at radius 3 is 2.11 bits per heavy atom. The van der Waals surface area contributed by atoms with Gasteiger partial charge in [0.25, 0.3) is 5.91 Å². The van der Waals surface area contributed by atoms with Crippen LogP contribution < -0.4 is 4.90 Å². The van der Waals surface area contributed by atoms with Gasteiger partial charge in [0.1, 0.15) is 7.11 Å². The van der Waals surface area contributed by atoms with Crippen LogP contribution in [0, 0.1) is 27.7 Å². The smallest absolute Gasteiger partial charge is 0.280 e. The largest absolute Gasteiger partial charge is 0.398 e. The highest BCUT2D eigenvalue weighted by Gasteiger charge is 2.36. The van der Waals surface area contributed by atoms with Gasteiger partial charge in [-0.05, 0) is 49.9 Å². The molecule has 0 N–H and O–H groups in total. The van der Waals surface area contributed by atoms with E-state index in [1.54, 1.807) is 11.9 Å². The summed E-state index contributed by atoms with van der Waals surface area (Å²) >= 11 is 0. The summed E-state index contributed by atoms with van der Waals surface area (Å²) in [5.74, 6) is -0.108. The van der Waals surface area contributed by atoms with Crippen molar-refractivity contribution in [2.45, 2.75) is 27.7 Å². The number of anilines is 1. The second-order valence-electron chi connectivity index (χ2n) is 4.71. The Kier molecular flexibility index (Phi) is 2.89. The number of rotatable bonds is 1. The lowest BCUT2D eigenvalue weighted by Crippen LogP contribution is -2.26. The monoisotopic (exact) mass is 246 g/mol. The van der Waals surface area contributed by atoms with Crippen LogP contribution in [-0.4, -0.2) is 25.8 Å². The van der Waals surface area contributed by atoms with Gasteiger partial charge < -0.3 is 9.74 Å². The van der Waals surface area contributed by atoms with Gasteiger partial charge in [-0.25, -0.2) is 0 Å². The number of benzene rings is 1. The number of hydrogen-bond acceptors (Lipinski definition) is 3. The molecule has 0 saturated carbocycles. The maximum atomic E-state index is 12.2. The zero-order valence-corrected chi connectivity index (χ0v) is 11.7. The fourth-order valence-electron chi connectivity index (χ4n) is 2.55. The van der Waals surface area contributed by atoms with E-state index < -0.39 is 0 Å². The van der Waals surface area contributed by atoms with E-state index >= 15 is 0 Å². The maximum Gasteiger partial charge on any atom is 0.280 e. The molecule has 4 heteroatoms. The van der Waals surface area contributed by atoms with Crippen LogP contribution in [0.2, 0.25) is 0 Å². The number of oxime groups is 1. The molecule has 0 aliphatic carbocycles. The molecule has 96 valence electrons. The molecule has 0 fully saturated rings. The van der Waals surface area contributed by atoms with Crippen LogP contribution in [0.4, 0.5) is 5.69 Å². The standard InChI is InChI=1S/C14H18N2O2/c1-7-8(2)10(4)13-11(9(7)3)12(15-18-6)14(17)16(13)5/h1-6H3/b15-12+. The SMILES string of the molecule is CO/N=C1/C(=O)N(C)c2c(C)c(C)c(C)c(C)c21. The first kappa shape index (κ1) is 12.6. The van der Waals surface area contributed by atoms with Crippen LogP contribution in [0.25, 0.3) is 0 Å². The lowest BCUT2D eigenvalue weighted by atomic mass is 9.92. The van der Waals surface area contributed by atoms with Crippen molar-refractivity contribution in [3.8, 4) is 0 Å². The third kappa shape index (κ3) is 1.45. The van der Waals surface area contributed by atoms with E-state index in [1.807, 2.05) is 13.8 Å². The molecule has 1 aromatic rings. The van der Waals surface area contributed by atoms with E-state index in [0.29, 0.717) is 5.71 Å². The Morgan fingerprint density at radius 2 is 1.56 bits per heavy atom. The van der Waals surface area contributed by atoms with Crippen molar-refractivity contribution < 1.29 is 9.63 Å². The Hall–Kier alpha value is -1.84. The molecule has 0 spiro atoms. The van der Waals surface area contributed by atoms with E-state index in [9.17, 15) is 4.79 Å². The van der Waals surface area contributed by atoms with Gasteiger partial charge in [-0.1, -0.05) is 5.16 Å². The Morgan fingerprint density at radius 1 is 1.00 bits per heavy atom. The molecule has 1 amide bonds. The summed E-state index contributed by atoms with van der Waals surface area (Å²) in [7, 11) is 3.24. The van der Waals surface area contributed by atoms with Gasteiger partial charge in [-0.3, -0.25) is 4.79 Å². The maximum absolute atomic E-state index is 12.2. The number of fused-ring (bicyclic) bond motifs is 1. The number of nitrogens with zero attached hydrogens (tertiary/aromatic N) is 2. The first-order chi connectivity index (χ1) is 8.41. The lowest BCUT2D eigenvalue weighted by Gasteiger charge is -2.18. The van der Waals surface area contributed by atoms with Gasteiger partial charge in [-0.15, -0.1) is 0 Å². The molecular formula is C14H18N2O2. The Labute approximate surface area is 107 Å². The van der Waals surface area contributed by atoms with Gasteiger partial charge >= 0.3 is 0 Å². The normalized spacial score (nSPS) is 16.4. The molecule has 4 nitrogen and oxygen atoms in total. The van der Waals surface area contributed by atoms with Crippen LogP contribution in [0.15, 0.2) is 5.16 Å². The molecule has 2 rings (SSSR count). The van der Waals surface area contributed by atoms with E-state index in [0.717, 1.165) is 22.4 Å². The van der Waals surface area contributed by atoms with Gasteiger partial charge in [0.15, 0.2) is 5.71 Å². The second-order valence-corrected chi connectivity index (χ2v) is 4.71.